The van der Waals surface area contributed by atoms with Crippen molar-refractivity contribution in [3.8, 4) is 5.75 Å². The first kappa shape index (κ1) is 10.1. The summed E-state index contributed by atoms with van der Waals surface area (Å²) < 4.78 is 0. The molecule has 0 radical (unpaired) electrons. The molecule has 0 amide bonds. The second-order valence-electron chi connectivity index (χ2n) is 3.47. The third kappa shape index (κ3) is 1.83. The van der Waals surface area contributed by atoms with Gasteiger partial charge in [0.25, 0.3) is 0 Å². The Bertz CT molecular complexity index is 325. The van der Waals surface area contributed by atoms with Crippen molar-refractivity contribution in [3.63, 3.8) is 0 Å². The van der Waals surface area contributed by atoms with Crippen LogP contribution in [0, 0.1) is 0 Å². The van der Waals surface area contributed by atoms with Crippen molar-refractivity contribution in [2.75, 3.05) is 6.54 Å². The van der Waals surface area contributed by atoms with E-state index in [1.807, 2.05) is 0 Å². The van der Waals surface area contributed by atoms with E-state index in [9.17, 15) is 5.11 Å². The first-order chi connectivity index (χ1) is 6.68. The van der Waals surface area contributed by atoms with Gasteiger partial charge in [-0.15, -0.1) is 0 Å². The van der Waals surface area contributed by atoms with Crippen LogP contribution in [0.15, 0.2) is 12.1 Å². The molecular formula is C10H11Cl2NO. The fourth-order valence-corrected chi connectivity index (χ4v) is 2.57. The molecule has 2 nitrogen and oxygen atoms in total. The van der Waals surface area contributed by atoms with Crippen LogP contribution >= 0.6 is 23.2 Å². The quantitative estimate of drug-likeness (QED) is 0.779. The number of hydrogen-bond donors (Lipinski definition) is 2. The van der Waals surface area contributed by atoms with Crippen LogP contribution in [0.4, 0.5) is 0 Å². The van der Waals surface area contributed by atoms with E-state index in [-0.39, 0.29) is 11.8 Å². The van der Waals surface area contributed by atoms with Crippen LogP contribution in [0.2, 0.25) is 10.0 Å². The highest BCUT2D eigenvalue weighted by Gasteiger charge is 2.21. The van der Waals surface area contributed by atoms with Crippen molar-refractivity contribution in [2.24, 2.45) is 0 Å². The van der Waals surface area contributed by atoms with Crippen molar-refractivity contribution in [3.05, 3.63) is 27.7 Å². The zero-order chi connectivity index (χ0) is 10.1. The maximum Gasteiger partial charge on any atom is 0.118 e. The zero-order valence-electron chi connectivity index (χ0n) is 7.56. The van der Waals surface area contributed by atoms with E-state index in [4.69, 9.17) is 23.2 Å². The van der Waals surface area contributed by atoms with Crippen LogP contribution in [0.5, 0.6) is 5.75 Å². The lowest BCUT2D eigenvalue weighted by Crippen LogP contribution is -2.13. The number of phenols is 1. The van der Waals surface area contributed by atoms with E-state index in [0.717, 1.165) is 24.9 Å². The van der Waals surface area contributed by atoms with Gasteiger partial charge in [0.1, 0.15) is 5.75 Å². The zero-order valence-corrected chi connectivity index (χ0v) is 9.07. The highest BCUT2D eigenvalue weighted by atomic mass is 35.5. The molecule has 2 N–H and O–H groups in total. The number of nitrogens with one attached hydrogen (secondary N) is 1. The fraction of sp³-hybridized carbons (Fsp3) is 0.400. The Kier molecular flexibility index (Phi) is 2.86. The summed E-state index contributed by atoms with van der Waals surface area (Å²) in [4.78, 5) is 0. The molecule has 1 saturated heterocycles. The molecule has 2 rings (SSSR count). The van der Waals surface area contributed by atoms with Crippen LogP contribution in [0.1, 0.15) is 24.4 Å². The highest BCUT2D eigenvalue weighted by Crippen LogP contribution is 2.37. The third-order valence-corrected chi connectivity index (χ3v) is 3.10. The maximum absolute atomic E-state index is 9.27. The Labute approximate surface area is 92.8 Å². The Balaban J connectivity index is 2.40. The fourth-order valence-electron chi connectivity index (χ4n) is 1.83. The first-order valence-electron chi connectivity index (χ1n) is 4.60. The Morgan fingerprint density at radius 2 is 1.93 bits per heavy atom. The molecule has 0 aliphatic carbocycles. The second kappa shape index (κ2) is 3.97. The first-order valence-corrected chi connectivity index (χ1v) is 5.35. The average molecular weight is 232 g/mol. The summed E-state index contributed by atoms with van der Waals surface area (Å²) >= 11 is 12.1. The van der Waals surface area contributed by atoms with Crippen molar-refractivity contribution in [1.82, 2.24) is 5.32 Å². The lowest BCUT2D eigenvalue weighted by atomic mass is 10.1. The average Bonchev–Trinajstić information content (AvgIpc) is 2.54. The van der Waals surface area contributed by atoms with E-state index in [1.165, 1.54) is 12.1 Å². The molecule has 1 atom stereocenters. The van der Waals surface area contributed by atoms with E-state index in [0.29, 0.717) is 10.0 Å². The molecule has 1 aromatic rings. The van der Waals surface area contributed by atoms with Gasteiger partial charge in [0.15, 0.2) is 0 Å². The van der Waals surface area contributed by atoms with Crippen molar-refractivity contribution >= 4 is 23.2 Å². The van der Waals surface area contributed by atoms with E-state index < -0.39 is 0 Å². The summed E-state index contributed by atoms with van der Waals surface area (Å²) in [7, 11) is 0. The van der Waals surface area contributed by atoms with Gasteiger partial charge in [0.05, 0.1) is 10.0 Å². The predicted octanol–water partition coefficient (Wildman–Crippen LogP) is 3.12. The number of rotatable bonds is 1. The monoisotopic (exact) mass is 231 g/mol. The van der Waals surface area contributed by atoms with Gasteiger partial charge in [-0.25, -0.2) is 0 Å². The van der Waals surface area contributed by atoms with Gasteiger partial charge in [0, 0.05) is 11.6 Å². The highest BCUT2D eigenvalue weighted by molar-refractivity contribution is 6.36. The molecular weight excluding hydrogens is 221 g/mol. The summed E-state index contributed by atoms with van der Waals surface area (Å²) in [5, 5.41) is 13.7. The molecule has 0 saturated carbocycles. The molecule has 0 spiro atoms. The Morgan fingerprint density at radius 1 is 1.29 bits per heavy atom. The SMILES string of the molecule is Oc1cc(Cl)c(C2CCCN2)c(Cl)c1. The van der Waals surface area contributed by atoms with Crippen LogP contribution in [-0.4, -0.2) is 11.7 Å². The number of halogens is 2. The summed E-state index contributed by atoms with van der Waals surface area (Å²) in [5.74, 6) is 0.113. The number of benzene rings is 1. The summed E-state index contributed by atoms with van der Waals surface area (Å²) in [5.41, 5.74) is 0.906. The number of hydrogen-bond acceptors (Lipinski definition) is 2. The molecule has 1 aliphatic heterocycles. The van der Waals surface area contributed by atoms with Gasteiger partial charge in [0.2, 0.25) is 0 Å². The van der Waals surface area contributed by atoms with Crippen molar-refractivity contribution in [2.45, 2.75) is 18.9 Å². The molecule has 0 bridgehead atoms. The van der Waals surface area contributed by atoms with Gasteiger partial charge in [-0.3, -0.25) is 0 Å². The maximum atomic E-state index is 9.27. The molecule has 1 aliphatic rings. The van der Waals surface area contributed by atoms with Crippen molar-refractivity contribution < 1.29 is 5.11 Å². The van der Waals surface area contributed by atoms with E-state index in [2.05, 4.69) is 5.32 Å². The minimum absolute atomic E-state index is 0.113. The summed E-state index contributed by atoms with van der Waals surface area (Å²) in [6.45, 7) is 0.998. The van der Waals surface area contributed by atoms with Crippen LogP contribution < -0.4 is 5.32 Å². The normalized spacial score (nSPS) is 21.4. The van der Waals surface area contributed by atoms with E-state index in [1.54, 1.807) is 0 Å². The Hall–Kier alpha value is -0.440. The smallest absolute Gasteiger partial charge is 0.118 e. The molecule has 1 aromatic carbocycles. The molecule has 1 unspecified atom stereocenters. The topological polar surface area (TPSA) is 32.3 Å². The minimum atomic E-state index is 0.113. The van der Waals surface area contributed by atoms with Gasteiger partial charge in [-0.1, -0.05) is 23.2 Å². The van der Waals surface area contributed by atoms with Gasteiger partial charge < -0.3 is 10.4 Å². The lowest BCUT2D eigenvalue weighted by molar-refractivity contribution is 0.474. The van der Waals surface area contributed by atoms with Crippen LogP contribution in [0.25, 0.3) is 0 Å². The van der Waals surface area contributed by atoms with Crippen LogP contribution in [0.3, 0.4) is 0 Å². The molecule has 4 heteroatoms. The third-order valence-electron chi connectivity index (χ3n) is 2.47. The lowest BCUT2D eigenvalue weighted by Gasteiger charge is -2.14. The molecule has 1 fully saturated rings. The summed E-state index contributed by atoms with van der Waals surface area (Å²) in [6, 6.07) is 3.29. The number of phenolic OH excluding ortho intramolecular Hbond substituents is 1. The summed E-state index contributed by atoms with van der Waals surface area (Å²) in [6.07, 6.45) is 2.18. The number of aromatic hydroxyl groups is 1. The van der Waals surface area contributed by atoms with Gasteiger partial charge in [-0.2, -0.15) is 0 Å². The molecule has 76 valence electrons. The minimum Gasteiger partial charge on any atom is -0.508 e. The predicted molar refractivity (Wildman–Crippen MR) is 58.1 cm³/mol. The van der Waals surface area contributed by atoms with Gasteiger partial charge >= 0.3 is 0 Å². The molecule has 14 heavy (non-hydrogen) atoms. The second-order valence-corrected chi connectivity index (χ2v) is 4.29. The largest absolute Gasteiger partial charge is 0.508 e. The van der Waals surface area contributed by atoms with Gasteiger partial charge in [-0.05, 0) is 31.5 Å². The molecule has 1 heterocycles. The van der Waals surface area contributed by atoms with Crippen LogP contribution in [-0.2, 0) is 0 Å². The van der Waals surface area contributed by atoms with Crippen molar-refractivity contribution in [1.29, 1.82) is 0 Å². The van der Waals surface area contributed by atoms with E-state index >= 15 is 0 Å². The molecule has 0 aromatic heterocycles. The standard InChI is InChI=1S/C10H11Cl2NO/c11-7-4-6(14)5-8(12)10(7)9-2-1-3-13-9/h4-5,9,13-14H,1-3H2. The Morgan fingerprint density at radius 3 is 2.43 bits per heavy atom.